The number of nitrogens with one attached hydrogen (secondary N) is 1. The van der Waals surface area contributed by atoms with E-state index in [0.29, 0.717) is 29.3 Å². The number of nitrogens with two attached hydrogens (primary N) is 1. The highest BCUT2D eigenvalue weighted by Gasteiger charge is 2.49. The number of fused-ring (bicyclic) bond motifs is 2. The van der Waals surface area contributed by atoms with Gasteiger partial charge in [0.15, 0.2) is 0 Å². The number of hydrogen-bond acceptors (Lipinski definition) is 6. The third-order valence-electron chi connectivity index (χ3n) is 7.24. The summed E-state index contributed by atoms with van der Waals surface area (Å²) in [7, 11) is -1.87. The molecule has 0 atom stereocenters. The minimum atomic E-state index is -3.51. The number of nitrogen functional groups attached to an aromatic ring is 1. The molecule has 2 heterocycles. The molecule has 2 saturated carbocycles. The van der Waals surface area contributed by atoms with Gasteiger partial charge in [0.05, 0.1) is 16.8 Å². The number of benzene rings is 2. The molecule has 2 aromatic carbocycles. The molecular formula is C25H25N5O3S. The normalized spacial score (nSPS) is 18.6. The summed E-state index contributed by atoms with van der Waals surface area (Å²) >= 11 is 0. The van der Waals surface area contributed by atoms with Gasteiger partial charge in [-0.25, -0.2) is 18.4 Å². The molecular weight excluding hydrogens is 450 g/mol. The Morgan fingerprint density at radius 3 is 2.47 bits per heavy atom. The molecule has 1 amide bonds. The van der Waals surface area contributed by atoms with Gasteiger partial charge in [-0.3, -0.25) is 4.79 Å². The second-order valence-electron chi connectivity index (χ2n) is 9.49. The van der Waals surface area contributed by atoms with Gasteiger partial charge in [-0.15, -0.1) is 0 Å². The van der Waals surface area contributed by atoms with Gasteiger partial charge >= 0.3 is 0 Å². The highest BCUT2D eigenvalue weighted by Crippen LogP contribution is 2.51. The highest BCUT2D eigenvalue weighted by molar-refractivity contribution is 7.89. The molecule has 8 nitrogen and oxygen atoms in total. The molecule has 3 N–H and O–H groups in total. The van der Waals surface area contributed by atoms with Crippen LogP contribution in [0.5, 0.6) is 0 Å². The average molecular weight is 476 g/mol. The second-order valence-corrected chi connectivity index (χ2v) is 11.5. The summed E-state index contributed by atoms with van der Waals surface area (Å²) in [6.45, 7) is 0.661. The van der Waals surface area contributed by atoms with Crippen LogP contribution in [0.3, 0.4) is 0 Å². The van der Waals surface area contributed by atoms with Gasteiger partial charge < -0.3 is 11.1 Å². The van der Waals surface area contributed by atoms with Crippen LogP contribution in [0.2, 0.25) is 0 Å². The molecule has 34 heavy (non-hydrogen) atoms. The van der Waals surface area contributed by atoms with E-state index in [9.17, 15) is 13.2 Å². The van der Waals surface area contributed by atoms with Gasteiger partial charge in [0.2, 0.25) is 10.0 Å². The van der Waals surface area contributed by atoms with Crippen molar-refractivity contribution in [3.63, 3.8) is 0 Å². The molecule has 9 heteroatoms. The van der Waals surface area contributed by atoms with Gasteiger partial charge in [0.25, 0.3) is 5.91 Å². The number of nitrogens with zero attached hydrogens (tertiary/aromatic N) is 3. The molecule has 0 unspecified atom stereocenters. The number of anilines is 1. The Morgan fingerprint density at radius 2 is 1.79 bits per heavy atom. The number of sulfonamides is 1. The first-order valence-electron chi connectivity index (χ1n) is 11.4. The first kappa shape index (κ1) is 21.2. The summed E-state index contributed by atoms with van der Waals surface area (Å²) in [6.07, 6.45) is 5.51. The number of carbonyl (C=O) groups excluding carboxylic acids is 1. The van der Waals surface area contributed by atoms with E-state index < -0.39 is 10.0 Å². The Bertz CT molecular complexity index is 1430. The summed E-state index contributed by atoms with van der Waals surface area (Å²) in [5, 5.41) is 2.99. The van der Waals surface area contributed by atoms with Crippen LogP contribution in [-0.2, 0) is 15.4 Å². The van der Waals surface area contributed by atoms with E-state index in [2.05, 4.69) is 10.3 Å². The van der Waals surface area contributed by atoms with E-state index in [1.165, 1.54) is 4.31 Å². The maximum atomic E-state index is 12.8. The van der Waals surface area contributed by atoms with Crippen molar-refractivity contribution in [3.8, 4) is 22.5 Å². The first-order valence-corrected chi connectivity index (χ1v) is 12.9. The van der Waals surface area contributed by atoms with Gasteiger partial charge in [0.1, 0.15) is 11.5 Å². The van der Waals surface area contributed by atoms with Crippen molar-refractivity contribution < 1.29 is 13.2 Å². The van der Waals surface area contributed by atoms with Crippen LogP contribution >= 0.6 is 0 Å². The fraction of sp³-hybridized carbons (Fsp3) is 0.320. The zero-order valence-electron chi connectivity index (χ0n) is 18.8. The maximum absolute atomic E-state index is 12.8. The van der Waals surface area contributed by atoms with E-state index in [0.717, 1.165) is 42.4 Å². The van der Waals surface area contributed by atoms with Crippen LogP contribution in [-0.4, -0.2) is 48.2 Å². The quantitative estimate of drug-likeness (QED) is 0.586. The van der Waals surface area contributed by atoms with Crippen LogP contribution in [0.1, 0.15) is 41.6 Å². The lowest BCUT2D eigenvalue weighted by Crippen LogP contribution is -2.39. The van der Waals surface area contributed by atoms with Crippen molar-refractivity contribution in [2.24, 2.45) is 0 Å². The van der Waals surface area contributed by atoms with Crippen molar-refractivity contribution in [3.05, 3.63) is 59.8 Å². The van der Waals surface area contributed by atoms with Gasteiger partial charge in [-0.2, -0.15) is 4.31 Å². The van der Waals surface area contributed by atoms with Crippen molar-refractivity contribution in [1.82, 2.24) is 19.6 Å². The lowest BCUT2D eigenvalue weighted by Gasteiger charge is -2.26. The molecule has 0 radical (unpaired) electrons. The molecule has 3 aliphatic rings. The van der Waals surface area contributed by atoms with Crippen molar-refractivity contribution in [1.29, 1.82) is 0 Å². The van der Waals surface area contributed by atoms with Crippen LogP contribution in [0.25, 0.3) is 22.5 Å². The molecule has 0 saturated heterocycles. The molecule has 2 aliphatic carbocycles. The molecule has 3 aromatic rings. The van der Waals surface area contributed by atoms with E-state index in [-0.39, 0.29) is 22.3 Å². The monoisotopic (exact) mass is 475 g/mol. The van der Waals surface area contributed by atoms with Gasteiger partial charge in [-0.05, 0) is 55.5 Å². The van der Waals surface area contributed by atoms with Crippen molar-refractivity contribution in [2.75, 3.05) is 19.3 Å². The zero-order valence-corrected chi connectivity index (χ0v) is 19.6. The Labute approximate surface area is 198 Å². The Balaban J connectivity index is 1.35. The summed E-state index contributed by atoms with van der Waals surface area (Å²) < 4.78 is 27.0. The molecule has 1 aliphatic heterocycles. The summed E-state index contributed by atoms with van der Waals surface area (Å²) in [4.78, 5) is 21.7. The summed E-state index contributed by atoms with van der Waals surface area (Å²) in [5.74, 6) is 0.258. The lowest BCUT2D eigenvalue weighted by atomic mass is 9.86. The van der Waals surface area contributed by atoms with Crippen LogP contribution < -0.4 is 11.1 Å². The third kappa shape index (κ3) is 3.38. The number of aromatic nitrogens is 2. The SMILES string of the molecule is CN(C1CC1)S(=O)(=O)c1ccc(-c2cnc(N)c(-c3ccc4c(c3)C3(CC3)CNC4=O)n2)cc1. The molecule has 1 aromatic heterocycles. The van der Waals surface area contributed by atoms with E-state index in [1.807, 2.05) is 18.2 Å². The highest BCUT2D eigenvalue weighted by atomic mass is 32.2. The average Bonchev–Trinajstić information content (AvgIpc) is 3.77. The lowest BCUT2D eigenvalue weighted by molar-refractivity contribution is 0.0937. The van der Waals surface area contributed by atoms with Crippen molar-refractivity contribution in [2.45, 2.75) is 42.0 Å². The zero-order chi connectivity index (χ0) is 23.7. The van der Waals surface area contributed by atoms with Crippen LogP contribution in [0, 0.1) is 0 Å². The molecule has 1 spiro atoms. The predicted molar refractivity (Wildman–Crippen MR) is 129 cm³/mol. The molecule has 174 valence electrons. The van der Waals surface area contributed by atoms with Crippen molar-refractivity contribution >= 4 is 21.7 Å². The fourth-order valence-electron chi connectivity index (χ4n) is 4.71. The Morgan fingerprint density at radius 1 is 1.09 bits per heavy atom. The minimum Gasteiger partial charge on any atom is -0.382 e. The van der Waals surface area contributed by atoms with Crippen LogP contribution in [0.15, 0.2) is 53.6 Å². The first-order chi connectivity index (χ1) is 16.3. The topological polar surface area (TPSA) is 118 Å². The van der Waals surface area contributed by atoms with E-state index >= 15 is 0 Å². The smallest absolute Gasteiger partial charge is 0.251 e. The largest absolute Gasteiger partial charge is 0.382 e. The van der Waals surface area contributed by atoms with E-state index in [1.54, 1.807) is 37.5 Å². The fourth-order valence-corrected chi connectivity index (χ4v) is 6.13. The molecule has 6 rings (SSSR count). The number of amides is 1. The number of carbonyl (C=O) groups is 1. The second kappa shape index (κ2) is 7.35. The standard InChI is InChI=1S/C25H25N5O3S/c1-30(17-5-6-17)34(32,33)18-7-2-15(3-8-18)21-13-27-23(26)22(29-21)16-4-9-19-20(12-16)25(10-11-25)14-28-24(19)31/h2-4,7-9,12-13,17H,5-6,10-11,14H2,1H3,(H2,26,27)(H,28,31). The van der Waals surface area contributed by atoms with Crippen LogP contribution in [0.4, 0.5) is 5.82 Å². The third-order valence-corrected chi connectivity index (χ3v) is 9.16. The molecule has 0 bridgehead atoms. The predicted octanol–water partition coefficient (Wildman–Crippen LogP) is 2.95. The van der Waals surface area contributed by atoms with Gasteiger partial charge in [-0.1, -0.05) is 18.2 Å². The van der Waals surface area contributed by atoms with E-state index in [4.69, 9.17) is 10.7 Å². The number of hydrogen-bond donors (Lipinski definition) is 2. The minimum absolute atomic E-state index is 0.0218. The number of rotatable bonds is 5. The molecule has 2 fully saturated rings. The van der Waals surface area contributed by atoms with Gasteiger partial charge in [0, 0.05) is 41.7 Å². The Hall–Kier alpha value is -3.30. The maximum Gasteiger partial charge on any atom is 0.251 e. The summed E-state index contributed by atoms with van der Waals surface area (Å²) in [5.41, 5.74) is 10.7. The summed E-state index contributed by atoms with van der Waals surface area (Å²) in [6, 6.07) is 12.5. The Kier molecular flexibility index (Phi) is 4.59.